The Bertz CT molecular complexity index is 896. The van der Waals surface area contributed by atoms with Gasteiger partial charge in [0.1, 0.15) is 6.07 Å². The van der Waals surface area contributed by atoms with Gasteiger partial charge in [-0.3, -0.25) is 0 Å². The first kappa shape index (κ1) is 19.2. The number of nitrogens with one attached hydrogen (secondary N) is 1. The van der Waals surface area contributed by atoms with Crippen LogP contribution in [0.1, 0.15) is 23.6 Å². The maximum atomic E-state index is 9.51. The average Bonchev–Trinajstić information content (AvgIpc) is 3.13. The zero-order chi connectivity index (χ0) is 18.9. The predicted molar refractivity (Wildman–Crippen MR) is 110 cm³/mol. The van der Waals surface area contributed by atoms with Crippen LogP contribution in [0.25, 0.3) is 22.9 Å². The molecule has 0 radical (unpaired) electrons. The van der Waals surface area contributed by atoms with E-state index >= 15 is 0 Å². The van der Waals surface area contributed by atoms with Gasteiger partial charge in [-0.05, 0) is 49.3 Å². The molecule has 0 aliphatic rings. The van der Waals surface area contributed by atoms with Crippen molar-refractivity contribution in [2.75, 3.05) is 14.1 Å². The molecule has 0 aliphatic heterocycles. The normalized spacial score (nSPS) is 9.77. The molecule has 1 N–H and O–H groups in total. The van der Waals surface area contributed by atoms with Crippen LogP contribution in [0.3, 0.4) is 0 Å². The lowest BCUT2D eigenvalue weighted by Gasteiger charge is -2.06. The molecular formula is C23H25N3. The first-order valence-electron chi connectivity index (χ1n) is 8.70. The molecule has 3 aromatic rings. The van der Waals surface area contributed by atoms with Gasteiger partial charge in [-0.15, -0.1) is 0 Å². The third-order valence-corrected chi connectivity index (χ3v) is 4.06. The molecule has 0 fully saturated rings. The highest BCUT2D eigenvalue weighted by Crippen LogP contribution is 2.29. The van der Waals surface area contributed by atoms with E-state index in [1.807, 2.05) is 73.5 Å². The van der Waals surface area contributed by atoms with Crippen molar-refractivity contribution in [1.82, 2.24) is 9.88 Å². The highest BCUT2D eigenvalue weighted by atomic mass is 14.9. The third-order valence-electron chi connectivity index (χ3n) is 4.06. The van der Waals surface area contributed by atoms with Crippen LogP contribution in [-0.2, 0) is 6.42 Å². The second-order valence-electron chi connectivity index (χ2n) is 5.91. The van der Waals surface area contributed by atoms with Gasteiger partial charge in [0.2, 0.25) is 0 Å². The summed E-state index contributed by atoms with van der Waals surface area (Å²) in [5, 5.41) is 12.3. The van der Waals surface area contributed by atoms with Crippen LogP contribution in [0.15, 0.2) is 67.5 Å². The minimum atomic E-state index is 0.693. The van der Waals surface area contributed by atoms with E-state index in [0.717, 1.165) is 28.8 Å². The molecule has 0 unspecified atom stereocenters. The van der Waals surface area contributed by atoms with Crippen molar-refractivity contribution in [2.24, 2.45) is 0 Å². The number of rotatable bonds is 4. The van der Waals surface area contributed by atoms with Gasteiger partial charge in [0.15, 0.2) is 0 Å². The van der Waals surface area contributed by atoms with Gasteiger partial charge in [0.25, 0.3) is 0 Å². The lowest BCUT2D eigenvalue weighted by molar-refractivity contribution is 1.02. The van der Waals surface area contributed by atoms with Gasteiger partial charge in [-0.25, -0.2) is 0 Å². The van der Waals surface area contributed by atoms with Crippen molar-refractivity contribution in [1.29, 1.82) is 5.26 Å². The van der Waals surface area contributed by atoms with E-state index in [1.165, 1.54) is 5.56 Å². The van der Waals surface area contributed by atoms with Crippen LogP contribution in [0.4, 0.5) is 0 Å². The molecule has 0 bridgehead atoms. The van der Waals surface area contributed by atoms with E-state index in [4.69, 9.17) is 0 Å². The third kappa shape index (κ3) is 4.30. The van der Waals surface area contributed by atoms with Crippen LogP contribution in [-0.4, -0.2) is 18.7 Å². The number of nitrogens with zero attached hydrogens (tertiary/aromatic N) is 2. The zero-order valence-electron chi connectivity index (χ0n) is 15.7. The second kappa shape index (κ2) is 9.41. The van der Waals surface area contributed by atoms with E-state index in [0.29, 0.717) is 5.56 Å². The summed E-state index contributed by atoms with van der Waals surface area (Å²) in [6.07, 6.45) is 6.70. The molecule has 1 heterocycles. The van der Waals surface area contributed by atoms with Crippen LogP contribution in [0.5, 0.6) is 0 Å². The Morgan fingerprint density at radius 2 is 1.69 bits per heavy atom. The smallest absolute Gasteiger partial charge is 0.101 e. The molecule has 1 aromatic heterocycles. The van der Waals surface area contributed by atoms with Gasteiger partial charge >= 0.3 is 0 Å². The Labute approximate surface area is 156 Å². The molecule has 3 nitrogen and oxygen atoms in total. The molecular weight excluding hydrogens is 318 g/mol. The lowest BCUT2D eigenvalue weighted by atomic mass is 9.98. The summed E-state index contributed by atoms with van der Waals surface area (Å²) in [6.45, 7) is 5.91. The van der Waals surface area contributed by atoms with E-state index in [9.17, 15) is 5.26 Å². The Hall–Kier alpha value is -3.09. The Kier molecular flexibility index (Phi) is 6.96. The fourth-order valence-electron chi connectivity index (χ4n) is 2.78. The summed E-state index contributed by atoms with van der Waals surface area (Å²) >= 11 is 0. The van der Waals surface area contributed by atoms with Gasteiger partial charge in [-0.1, -0.05) is 56.0 Å². The van der Waals surface area contributed by atoms with Crippen molar-refractivity contribution in [3.63, 3.8) is 0 Å². The maximum absolute atomic E-state index is 9.51. The Morgan fingerprint density at radius 1 is 1.04 bits per heavy atom. The van der Waals surface area contributed by atoms with Crippen LogP contribution in [0, 0.1) is 11.3 Å². The molecule has 0 saturated carbocycles. The molecule has 0 saturated heterocycles. The van der Waals surface area contributed by atoms with Gasteiger partial charge in [0.05, 0.1) is 5.56 Å². The lowest BCUT2D eigenvalue weighted by Crippen LogP contribution is -1.89. The monoisotopic (exact) mass is 343 g/mol. The number of benzene rings is 2. The second-order valence-corrected chi connectivity index (χ2v) is 5.91. The number of nitriles is 1. The average molecular weight is 343 g/mol. The predicted octanol–water partition coefficient (Wildman–Crippen LogP) is 5.06. The van der Waals surface area contributed by atoms with Crippen LogP contribution in [0.2, 0.25) is 0 Å². The molecule has 3 heteroatoms. The van der Waals surface area contributed by atoms with Crippen molar-refractivity contribution in [2.45, 2.75) is 13.3 Å². The summed E-state index contributed by atoms with van der Waals surface area (Å²) in [5.74, 6) is 0. The SMILES string of the molecule is C=Cc1ccc(-n2cc(C#N)c(-c3ccccc3CC)c2)cc1.CNC. The van der Waals surface area contributed by atoms with Crippen molar-refractivity contribution < 1.29 is 0 Å². The number of aryl methyl sites for hydroxylation is 1. The number of hydrogen-bond donors (Lipinski definition) is 1. The highest BCUT2D eigenvalue weighted by molar-refractivity contribution is 5.73. The fourth-order valence-corrected chi connectivity index (χ4v) is 2.78. The van der Waals surface area contributed by atoms with Crippen molar-refractivity contribution in [3.8, 4) is 22.9 Å². The number of aromatic nitrogens is 1. The van der Waals surface area contributed by atoms with Crippen molar-refractivity contribution in [3.05, 3.63) is 84.2 Å². The van der Waals surface area contributed by atoms with Crippen LogP contribution < -0.4 is 5.32 Å². The van der Waals surface area contributed by atoms with E-state index in [-0.39, 0.29) is 0 Å². The standard InChI is InChI=1S/C21H18N2.C2H7N/c1-3-16-9-11-19(12-10-16)23-14-18(13-22)21(15-23)20-8-6-5-7-17(20)4-2;1-3-2/h3,5-12,14-15H,1,4H2,2H3;3H,1-2H3. The first-order chi connectivity index (χ1) is 12.7. The minimum Gasteiger partial charge on any atom is -0.323 e. The molecule has 26 heavy (non-hydrogen) atoms. The molecule has 132 valence electrons. The van der Waals surface area contributed by atoms with E-state index in [1.54, 1.807) is 0 Å². The number of hydrogen-bond acceptors (Lipinski definition) is 2. The van der Waals surface area contributed by atoms with Crippen LogP contribution >= 0.6 is 0 Å². The molecule has 2 aromatic carbocycles. The highest BCUT2D eigenvalue weighted by Gasteiger charge is 2.12. The summed E-state index contributed by atoms with van der Waals surface area (Å²) < 4.78 is 2.01. The zero-order valence-corrected chi connectivity index (χ0v) is 15.7. The first-order valence-corrected chi connectivity index (χ1v) is 8.70. The fraction of sp³-hybridized carbons (Fsp3) is 0.174. The minimum absolute atomic E-state index is 0.693. The largest absolute Gasteiger partial charge is 0.323 e. The van der Waals surface area contributed by atoms with Crippen molar-refractivity contribution >= 4 is 6.08 Å². The molecule has 0 amide bonds. The molecule has 0 aliphatic carbocycles. The maximum Gasteiger partial charge on any atom is 0.101 e. The Morgan fingerprint density at radius 3 is 2.27 bits per heavy atom. The van der Waals surface area contributed by atoms with E-state index in [2.05, 4.69) is 37.0 Å². The van der Waals surface area contributed by atoms with Gasteiger partial charge in [-0.2, -0.15) is 5.26 Å². The van der Waals surface area contributed by atoms with E-state index < -0.39 is 0 Å². The molecule has 0 spiro atoms. The van der Waals surface area contributed by atoms with Gasteiger partial charge in [0, 0.05) is 23.6 Å². The Balaban J connectivity index is 0.000000758. The summed E-state index contributed by atoms with van der Waals surface area (Å²) in [4.78, 5) is 0. The summed E-state index contributed by atoms with van der Waals surface area (Å²) in [5.41, 5.74) is 6.18. The summed E-state index contributed by atoms with van der Waals surface area (Å²) in [6, 6.07) is 18.7. The quantitative estimate of drug-likeness (QED) is 0.719. The molecule has 3 rings (SSSR count). The molecule has 0 atom stereocenters. The topological polar surface area (TPSA) is 40.8 Å². The summed E-state index contributed by atoms with van der Waals surface area (Å²) in [7, 11) is 3.75. The van der Waals surface area contributed by atoms with Gasteiger partial charge < -0.3 is 9.88 Å².